The molecular formula is C19H29N3O3S. The molecule has 1 saturated heterocycles. The van der Waals surface area contributed by atoms with Crippen LogP contribution in [0.4, 0.5) is 5.13 Å². The van der Waals surface area contributed by atoms with E-state index in [0.717, 1.165) is 37.4 Å². The SMILES string of the molecule is CC1CC(C(=O)O)CN(C(C)C(=O)N(c2nccs2)C2CCCCC2)C1. The third kappa shape index (κ3) is 4.26. The van der Waals surface area contributed by atoms with Gasteiger partial charge in [-0.15, -0.1) is 11.3 Å². The zero-order chi connectivity index (χ0) is 18.7. The van der Waals surface area contributed by atoms with E-state index in [1.807, 2.05) is 17.2 Å². The van der Waals surface area contributed by atoms with Crippen LogP contribution in [-0.2, 0) is 9.59 Å². The molecule has 2 heterocycles. The predicted molar refractivity (Wildman–Crippen MR) is 102 cm³/mol. The Morgan fingerprint density at radius 3 is 2.65 bits per heavy atom. The second kappa shape index (κ2) is 8.48. The first kappa shape index (κ1) is 19.3. The second-order valence-electron chi connectivity index (χ2n) is 7.82. The molecule has 1 amide bonds. The molecule has 1 aliphatic heterocycles. The molecule has 3 atom stereocenters. The Hall–Kier alpha value is -1.47. The van der Waals surface area contributed by atoms with Crippen molar-refractivity contribution in [3.05, 3.63) is 11.6 Å². The summed E-state index contributed by atoms with van der Waals surface area (Å²) in [5.41, 5.74) is 0. The fraction of sp³-hybridized carbons (Fsp3) is 0.737. The maximum Gasteiger partial charge on any atom is 0.307 e. The third-order valence-corrected chi connectivity index (χ3v) is 6.52. The predicted octanol–water partition coefficient (Wildman–Crippen LogP) is 3.24. The van der Waals surface area contributed by atoms with Crippen LogP contribution in [0, 0.1) is 11.8 Å². The monoisotopic (exact) mass is 379 g/mol. The van der Waals surface area contributed by atoms with Crippen LogP contribution in [-0.4, -0.2) is 52.0 Å². The molecule has 3 unspecified atom stereocenters. The second-order valence-corrected chi connectivity index (χ2v) is 8.69. The molecule has 2 aliphatic rings. The molecule has 0 aromatic carbocycles. The number of carbonyl (C=O) groups excluding carboxylic acids is 1. The minimum Gasteiger partial charge on any atom is -0.481 e. The van der Waals surface area contributed by atoms with E-state index in [1.54, 1.807) is 6.20 Å². The highest BCUT2D eigenvalue weighted by Crippen LogP contribution is 2.31. The number of carbonyl (C=O) groups is 2. The summed E-state index contributed by atoms with van der Waals surface area (Å²) in [6, 6.07) is -0.118. The van der Waals surface area contributed by atoms with E-state index in [1.165, 1.54) is 17.8 Å². The maximum absolute atomic E-state index is 13.4. The van der Waals surface area contributed by atoms with Gasteiger partial charge in [-0.1, -0.05) is 26.2 Å². The summed E-state index contributed by atoms with van der Waals surface area (Å²) >= 11 is 1.50. The molecular weight excluding hydrogens is 350 g/mol. The molecule has 1 aromatic rings. The lowest BCUT2D eigenvalue weighted by molar-refractivity contribution is -0.145. The highest BCUT2D eigenvalue weighted by Gasteiger charge is 2.38. The first-order valence-corrected chi connectivity index (χ1v) is 10.5. The van der Waals surface area contributed by atoms with Gasteiger partial charge in [-0.25, -0.2) is 4.98 Å². The van der Waals surface area contributed by atoms with Crippen molar-refractivity contribution in [2.75, 3.05) is 18.0 Å². The van der Waals surface area contributed by atoms with Gasteiger partial charge in [0.15, 0.2) is 5.13 Å². The van der Waals surface area contributed by atoms with Crippen molar-refractivity contribution in [1.29, 1.82) is 0 Å². The average molecular weight is 380 g/mol. The molecule has 1 saturated carbocycles. The lowest BCUT2D eigenvalue weighted by atomic mass is 9.89. The van der Waals surface area contributed by atoms with Crippen LogP contribution in [0.5, 0.6) is 0 Å². The molecule has 1 N–H and O–H groups in total. The van der Waals surface area contributed by atoms with E-state index >= 15 is 0 Å². The highest BCUT2D eigenvalue weighted by atomic mass is 32.1. The zero-order valence-corrected chi connectivity index (χ0v) is 16.5. The van der Waals surface area contributed by atoms with Gasteiger partial charge in [0.25, 0.3) is 0 Å². The third-order valence-electron chi connectivity index (χ3n) is 5.74. The fourth-order valence-corrected chi connectivity index (χ4v) is 5.07. The molecule has 6 nitrogen and oxygen atoms in total. The van der Waals surface area contributed by atoms with Crippen LogP contribution in [0.3, 0.4) is 0 Å². The average Bonchev–Trinajstić information content (AvgIpc) is 3.15. The molecule has 1 aliphatic carbocycles. The Labute approximate surface area is 159 Å². The van der Waals surface area contributed by atoms with Crippen LogP contribution in [0.2, 0.25) is 0 Å². The summed E-state index contributed by atoms with van der Waals surface area (Å²) in [6.45, 7) is 5.21. The number of piperidine rings is 1. The number of aromatic nitrogens is 1. The van der Waals surface area contributed by atoms with Crippen LogP contribution in [0.15, 0.2) is 11.6 Å². The zero-order valence-electron chi connectivity index (χ0n) is 15.6. The number of aliphatic carboxylic acids is 1. The highest BCUT2D eigenvalue weighted by molar-refractivity contribution is 7.13. The number of thiazole rings is 1. The number of likely N-dealkylation sites (tertiary alicyclic amines) is 1. The fourth-order valence-electron chi connectivity index (χ4n) is 4.35. The van der Waals surface area contributed by atoms with Crippen molar-refractivity contribution in [2.24, 2.45) is 11.8 Å². The molecule has 1 aromatic heterocycles. The molecule has 0 bridgehead atoms. The smallest absolute Gasteiger partial charge is 0.307 e. The summed E-state index contributed by atoms with van der Waals surface area (Å²) in [4.78, 5) is 33.3. The number of rotatable bonds is 5. The van der Waals surface area contributed by atoms with Gasteiger partial charge in [0, 0.05) is 30.7 Å². The number of carboxylic acids is 1. The summed E-state index contributed by atoms with van der Waals surface area (Å²) in [5, 5.41) is 12.1. The first-order chi connectivity index (χ1) is 12.5. The van der Waals surface area contributed by atoms with Gasteiger partial charge in [-0.2, -0.15) is 0 Å². The Bertz CT molecular complexity index is 616. The van der Waals surface area contributed by atoms with Crippen molar-refractivity contribution in [3.63, 3.8) is 0 Å². The number of anilines is 1. The molecule has 3 rings (SSSR count). The number of hydrogen-bond donors (Lipinski definition) is 1. The van der Waals surface area contributed by atoms with Gasteiger partial charge in [0.05, 0.1) is 12.0 Å². The Morgan fingerprint density at radius 2 is 2.04 bits per heavy atom. The molecule has 144 valence electrons. The van der Waals surface area contributed by atoms with Crippen LogP contribution in [0.25, 0.3) is 0 Å². The topological polar surface area (TPSA) is 73.7 Å². The van der Waals surface area contributed by atoms with Crippen LogP contribution >= 0.6 is 11.3 Å². The van der Waals surface area contributed by atoms with Gasteiger partial charge < -0.3 is 5.11 Å². The quantitative estimate of drug-likeness (QED) is 0.850. The summed E-state index contributed by atoms with van der Waals surface area (Å²) in [6.07, 6.45) is 8.00. The number of amides is 1. The van der Waals surface area contributed by atoms with Gasteiger partial charge >= 0.3 is 5.97 Å². The van der Waals surface area contributed by atoms with Gasteiger partial charge in [-0.05, 0) is 32.1 Å². The normalized spacial score (nSPS) is 26.4. The van der Waals surface area contributed by atoms with E-state index in [2.05, 4.69) is 16.8 Å². The summed E-state index contributed by atoms with van der Waals surface area (Å²) in [7, 11) is 0. The molecule has 7 heteroatoms. The number of hydrogen-bond acceptors (Lipinski definition) is 5. The van der Waals surface area contributed by atoms with E-state index < -0.39 is 11.9 Å². The van der Waals surface area contributed by atoms with Crippen molar-refractivity contribution in [3.8, 4) is 0 Å². The summed E-state index contributed by atoms with van der Waals surface area (Å²) < 4.78 is 0. The standard InChI is InChI=1S/C19H29N3O3S/c1-13-10-15(18(24)25)12-21(11-13)14(2)17(23)22(19-20-8-9-26-19)16-6-4-3-5-7-16/h8-9,13-16H,3-7,10-12H2,1-2H3,(H,24,25). The number of carboxylic acid groups (broad SMARTS) is 1. The van der Waals surface area contributed by atoms with Gasteiger partial charge in [0.2, 0.25) is 5.91 Å². The van der Waals surface area contributed by atoms with Crippen molar-refractivity contribution in [1.82, 2.24) is 9.88 Å². The van der Waals surface area contributed by atoms with Crippen molar-refractivity contribution in [2.45, 2.75) is 64.5 Å². The minimum absolute atomic E-state index is 0.0603. The van der Waals surface area contributed by atoms with Crippen molar-refractivity contribution >= 4 is 28.3 Å². The molecule has 0 radical (unpaired) electrons. The van der Waals surface area contributed by atoms with E-state index in [9.17, 15) is 14.7 Å². The molecule has 0 spiro atoms. The lowest BCUT2D eigenvalue weighted by Crippen LogP contribution is -2.55. The minimum atomic E-state index is -0.759. The largest absolute Gasteiger partial charge is 0.481 e. The van der Waals surface area contributed by atoms with E-state index in [-0.39, 0.29) is 23.9 Å². The van der Waals surface area contributed by atoms with E-state index in [4.69, 9.17) is 0 Å². The Balaban J connectivity index is 1.78. The van der Waals surface area contributed by atoms with Crippen LogP contribution in [0.1, 0.15) is 52.4 Å². The van der Waals surface area contributed by atoms with Gasteiger partial charge in [-0.3, -0.25) is 19.4 Å². The van der Waals surface area contributed by atoms with Crippen molar-refractivity contribution < 1.29 is 14.7 Å². The molecule has 26 heavy (non-hydrogen) atoms. The Morgan fingerprint density at radius 1 is 1.31 bits per heavy atom. The van der Waals surface area contributed by atoms with Gasteiger partial charge in [0.1, 0.15) is 0 Å². The number of nitrogens with zero attached hydrogens (tertiary/aromatic N) is 3. The first-order valence-electron chi connectivity index (χ1n) is 9.66. The Kier molecular flexibility index (Phi) is 6.29. The van der Waals surface area contributed by atoms with Crippen LogP contribution < -0.4 is 4.90 Å². The molecule has 2 fully saturated rings. The summed E-state index contributed by atoms with van der Waals surface area (Å²) in [5.74, 6) is -0.810. The van der Waals surface area contributed by atoms with E-state index in [0.29, 0.717) is 13.0 Å². The lowest BCUT2D eigenvalue weighted by Gasteiger charge is -2.41. The maximum atomic E-state index is 13.4.